The van der Waals surface area contributed by atoms with Gasteiger partial charge in [-0.3, -0.25) is 4.79 Å². The van der Waals surface area contributed by atoms with Gasteiger partial charge in [0, 0.05) is 11.9 Å². The van der Waals surface area contributed by atoms with Crippen LogP contribution in [0.1, 0.15) is 16.1 Å². The molecule has 0 spiro atoms. The van der Waals surface area contributed by atoms with Crippen LogP contribution in [0.15, 0.2) is 51.7 Å². The average Bonchev–Trinajstić information content (AvgIpc) is 3.15. The number of hydrogen-bond donors (Lipinski definition) is 1. The minimum Gasteiger partial charge on any atom is -0.493 e. The van der Waals surface area contributed by atoms with Crippen molar-refractivity contribution < 1.29 is 18.4 Å². The van der Waals surface area contributed by atoms with E-state index in [-0.39, 0.29) is 11.7 Å². The summed E-state index contributed by atoms with van der Waals surface area (Å²) in [4.78, 5) is 12.1. The third kappa shape index (κ3) is 2.76. The van der Waals surface area contributed by atoms with E-state index < -0.39 is 0 Å². The number of rotatable bonds is 5. The molecular weight excluding hydrogens is 270 g/mol. The van der Waals surface area contributed by atoms with E-state index in [1.165, 1.54) is 0 Å². The fourth-order valence-electron chi connectivity index (χ4n) is 2.15. The minimum absolute atomic E-state index is 0.239. The molecule has 2 heterocycles. The number of fused-ring (bicyclic) bond motifs is 1. The Bertz CT molecular complexity index is 743. The lowest BCUT2D eigenvalue weighted by Gasteiger charge is -2.01. The van der Waals surface area contributed by atoms with Crippen molar-refractivity contribution in [2.45, 2.75) is 6.42 Å². The van der Waals surface area contributed by atoms with E-state index in [9.17, 15) is 4.79 Å². The van der Waals surface area contributed by atoms with Gasteiger partial charge >= 0.3 is 0 Å². The molecule has 3 aromatic rings. The summed E-state index contributed by atoms with van der Waals surface area (Å²) in [7, 11) is 1.57. The van der Waals surface area contributed by atoms with E-state index in [0.29, 0.717) is 24.3 Å². The maximum Gasteiger partial charge on any atom is 0.287 e. The summed E-state index contributed by atoms with van der Waals surface area (Å²) in [5.41, 5.74) is 1.63. The van der Waals surface area contributed by atoms with Crippen LogP contribution in [0.5, 0.6) is 5.75 Å². The molecule has 3 rings (SSSR count). The molecule has 0 atom stereocenters. The fourth-order valence-corrected chi connectivity index (χ4v) is 2.15. The number of hydrogen-bond acceptors (Lipinski definition) is 4. The van der Waals surface area contributed by atoms with Gasteiger partial charge in [0.25, 0.3) is 5.91 Å². The predicted molar refractivity (Wildman–Crippen MR) is 77.5 cm³/mol. The van der Waals surface area contributed by atoms with Gasteiger partial charge in [0.05, 0.1) is 19.6 Å². The first-order valence-electron chi connectivity index (χ1n) is 6.64. The molecule has 1 aromatic carbocycles. The molecule has 0 aliphatic rings. The van der Waals surface area contributed by atoms with E-state index in [2.05, 4.69) is 5.32 Å². The van der Waals surface area contributed by atoms with Crippen LogP contribution in [0, 0.1) is 0 Å². The van der Waals surface area contributed by atoms with Gasteiger partial charge in [0.15, 0.2) is 17.1 Å². The van der Waals surface area contributed by atoms with Gasteiger partial charge in [-0.15, -0.1) is 0 Å². The number of furan rings is 2. The van der Waals surface area contributed by atoms with Gasteiger partial charge < -0.3 is 18.9 Å². The highest BCUT2D eigenvalue weighted by Crippen LogP contribution is 2.28. The summed E-state index contributed by atoms with van der Waals surface area (Å²) >= 11 is 0. The van der Waals surface area contributed by atoms with E-state index in [4.69, 9.17) is 13.6 Å². The quantitative estimate of drug-likeness (QED) is 0.782. The summed E-state index contributed by atoms with van der Waals surface area (Å²) in [6, 6.07) is 9.12. The summed E-state index contributed by atoms with van der Waals surface area (Å²) < 4.78 is 15.8. The molecule has 0 aliphatic carbocycles. The molecule has 0 bridgehead atoms. The molecule has 0 saturated carbocycles. The van der Waals surface area contributed by atoms with E-state index in [1.807, 2.05) is 18.2 Å². The van der Waals surface area contributed by atoms with Crippen molar-refractivity contribution in [3.8, 4) is 5.75 Å². The Hall–Kier alpha value is -2.69. The van der Waals surface area contributed by atoms with Crippen molar-refractivity contribution in [1.82, 2.24) is 5.32 Å². The third-order valence-electron chi connectivity index (χ3n) is 3.23. The number of nitrogens with one attached hydrogen (secondary N) is 1. The van der Waals surface area contributed by atoms with Gasteiger partial charge in [-0.05, 0) is 30.2 Å². The molecule has 21 heavy (non-hydrogen) atoms. The molecule has 108 valence electrons. The Morgan fingerprint density at radius 2 is 2.24 bits per heavy atom. The number of ether oxygens (including phenoxy) is 1. The maximum atomic E-state index is 12.1. The van der Waals surface area contributed by atoms with Crippen LogP contribution in [0.2, 0.25) is 0 Å². The highest BCUT2D eigenvalue weighted by molar-refractivity contribution is 5.97. The van der Waals surface area contributed by atoms with Crippen LogP contribution in [0.3, 0.4) is 0 Å². The lowest BCUT2D eigenvalue weighted by Crippen LogP contribution is -2.25. The second-order valence-corrected chi connectivity index (χ2v) is 4.63. The molecule has 0 aliphatic heterocycles. The number of amides is 1. The summed E-state index contributed by atoms with van der Waals surface area (Å²) in [6.07, 6.45) is 3.99. The van der Waals surface area contributed by atoms with Crippen molar-refractivity contribution in [3.63, 3.8) is 0 Å². The average molecular weight is 285 g/mol. The lowest BCUT2D eigenvalue weighted by molar-refractivity contribution is 0.0928. The van der Waals surface area contributed by atoms with Crippen LogP contribution in [0.4, 0.5) is 0 Å². The van der Waals surface area contributed by atoms with Gasteiger partial charge in [0.2, 0.25) is 0 Å². The first kappa shape index (κ1) is 13.3. The third-order valence-corrected chi connectivity index (χ3v) is 3.23. The molecule has 0 unspecified atom stereocenters. The first-order chi connectivity index (χ1) is 10.3. The van der Waals surface area contributed by atoms with Crippen molar-refractivity contribution in [2.24, 2.45) is 0 Å². The van der Waals surface area contributed by atoms with Crippen LogP contribution >= 0.6 is 0 Å². The first-order valence-corrected chi connectivity index (χ1v) is 6.64. The smallest absolute Gasteiger partial charge is 0.287 e. The molecule has 5 nitrogen and oxygen atoms in total. The van der Waals surface area contributed by atoms with Crippen LogP contribution in [-0.4, -0.2) is 19.6 Å². The fraction of sp³-hybridized carbons (Fsp3) is 0.188. The molecule has 0 radical (unpaired) electrons. The number of carbonyl (C=O) groups excluding carboxylic acids is 1. The monoisotopic (exact) mass is 285 g/mol. The summed E-state index contributed by atoms with van der Waals surface area (Å²) in [6.45, 7) is 0.520. The van der Waals surface area contributed by atoms with Crippen molar-refractivity contribution in [2.75, 3.05) is 13.7 Å². The zero-order valence-corrected chi connectivity index (χ0v) is 11.6. The zero-order chi connectivity index (χ0) is 14.7. The predicted octanol–water partition coefficient (Wildman–Crippen LogP) is 3.01. The minimum atomic E-state index is -0.239. The number of benzene rings is 1. The Morgan fingerprint density at radius 3 is 3.00 bits per heavy atom. The maximum absolute atomic E-state index is 12.1. The molecule has 0 fully saturated rings. The Balaban J connectivity index is 1.69. The van der Waals surface area contributed by atoms with E-state index in [0.717, 1.165) is 10.9 Å². The number of carbonyl (C=O) groups is 1. The van der Waals surface area contributed by atoms with E-state index in [1.54, 1.807) is 31.8 Å². The molecule has 1 amide bonds. The van der Waals surface area contributed by atoms with E-state index >= 15 is 0 Å². The van der Waals surface area contributed by atoms with Crippen LogP contribution in [0.25, 0.3) is 11.0 Å². The molecular formula is C16H15NO4. The van der Waals surface area contributed by atoms with Crippen molar-refractivity contribution >= 4 is 16.9 Å². The largest absolute Gasteiger partial charge is 0.493 e. The number of methoxy groups -OCH3 is 1. The lowest BCUT2D eigenvalue weighted by atomic mass is 10.2. The SMILES string of the molecule is COc1cccc2cc(C(=O)NCCc3ccoc3)oc12. The standard InChI is InChI=1S/C16H15NO4/c1-19-13-4-2-3-12-9-14(21-15(12)13)16(18)17-7-5-11-6-8-20-10-11/h2-4,6,8-10H,5,7H2,1H3,(H,17,18). The van der Waals surface area contributed by atoms with Crippen LogP contribution < -0.4 is 10.1 Å². The summed E-state index contributed by atoms with van der Waals surface area (Å²) in [5.74, 6) is 0.656. The Labute approximate surface area is 121 Å². The van der Waals surface area contributed by atoms with Crippen LogP contribution in [-0.2, 0) is 6.42 Å². The van der Waals surface area contributed by atoms with Crippen molar-refractivity contribution in [1.29, 1.82) is 0 Å². The zero-order valence-electron chi connectivity index (χ0n) is 11.6. The highest BCUT2D eigenvalue weighted by atomic mass is 16.5. The molecule has 0 saturated heterocycles. The second-order valence-electron chi connectivity index (χ2n) is 4.63. The van der Waals surface area contributed by atoms with Gasteiger partial charge in [-0.25, -0.2) is 0 Å². The normalized spacial score (nSPS) is 10.7. The Kier molecular flexibility index (Phi) is 3.64. The molecule has 5 heteroatoms. The van der Waals surface area contributed by atoms with Gasteiger partial charge in [-0.1, -0.05) is 12.1 Å². The Morgan fingerprint density at radius 1 is 1.33 bits per heavy atom. The molecule has 2 aromatic heterocycles. The second kappa shape index (κ2) is 5.75. The summed E-state index contributed by atoms with van der Waals surface area (Å²) in [5, 5.41) is 3.66. The topological polar surface area (TPSA) is 64.6 Å². The molecule has 1 N–H and O–H groups in total. The van der Waals surface area contributed by atoms with Gasteiger partial charge in [0.1, 0.15) is 0 Å². The number of para-hydroxylation sites is 1. The highest BCUT2D eigenvalue weighted by Gasteiger charge is 2.14. The van der Waals surface area contributed by atoms with Crippen molar-refractivity contribution in [3.05, 3.63) is 54.2 Å². The van der Waals surface area contributed by atoms with Gasteiger partial charge in [-0.2, -0.15) is 0 Å².